The van der Waals surface area contributed by atoms with Crippen molar-refractivity contribution in [3.05, 3.63) is 63.3 Å². The highest BCUT2D eigenvalue weighted by molar-refractivity contribution is 7.09. The largest absolute Gasteiger partial charge is 0.359 e. The smallest absolute Gasteiger partial charge is 0.246 e. The van der Waals surface area contributed by atoms with Crippen molar-refractivity contribution >= 4 is 46.3 Å². The molecule has 4 heterocycles. The first kappa shape index (κ1) is 24.6. The van der Waals surface area contributed by atoms with Gasteiger partial charge in [-0.1, -0.05) is 55.1 Å². The van der Waals surface area contributed by atoms with Crippen molar-refractivity contribution in [2.45, 2.75) is 69.4 Å². The van der Waals surface area contributed by atoms with Gasteiger partial charge in [-0.25, -0.2) is 0 Å². The van der Waals surface area contributed by atoms with E-state index in [1.54, 1.807) is 28.4 Å². The molecule has 2 N–H and O–H groups in total. The number of hydrogen-bond acceptors (Lipinski definition) is 5. The average Bonchev–Trinajstić information content (AvgIpc) is 3.65. The van der Waals surface area contributed by atoms with E-state index in [0.29, 0.717) is 17.3 Å². The second-order valence-corrected chi connectivity index (χ2v) is 12.0. The number of hydrogen-bond donors (Lipinski definition) is 2. The number of benzene rings is 1. The van der Waals surface area contributed by atoms with Crippen molar-refractivity contribution in [2.24, 2.45) is 11.8 Å². The number of aryl methyl sites for hydroxylation is 1. The Morgan fingerprint density at radius 1 is 1.19 bits per heavy atom. The van der Waals surface area contributed by atoms with Crippen LogP contribution >= 0.6 is 22.9 Å². The number of amides is 3. The minimum atomic E-state index is -1.16. The minimum absolute atomic E-state index is 0.100. The van der Waals surface area contributed by atoms with Gasteiger partial charge in [0.2, 0.25) is 17.7 Å². The molecule has 9 heteroatoms. The van der Waals surface area contributed by atoms with Crippen molar-refractivity contribution in [3.8, 4) is 0 Å². The molecule has 3 amide bonds. The molecule has 1 aromatic heterocycles. The molecule has 2 saturated heterocycles. The molecule has 5 atom stereocenters. The third-order valence-electron chi connectivity index (χ3n) is 8.22. The number of likely N-dealkylation sites (tertiary alicyclic amines) is 1. The molecular formula is C28H30ClN3O4S. The van der Waals surface area contributed by atoms with Gasteiger partial charge in [-0.3, -0.25) is 14.4 Å². The fourth-order valence-corrected chi connectivity index (χ4v) is 7.31. The third-order valence-corrected chi connectivity index (χ3v) is 9.49. The lowest BCUT2D eigenvalue weighted by Crippen LogP contribution is -2.56. The lowest BCUT2D eigenvalue weighted by molar-refractivity contribution is -0.142. The van der Waals surface area contributed by atoms with Crippen LogP contribution in [0.25, 0.3) is 0 Å². The number of carbonyl (C=O) groups is 3. The molecule has 194 valence electrons. The highest BCUT2D eigenvalue weighted by Gasteiger charge is 2.72. The van der Waals surface area contributed by atoms with E-state index in [0.717, 1.165) is 36.1 Å². The normalized spacial score (nSPS) is 30.5. The van der Waals surface area contributed by atoms with E-state index in [9.17, 15) is 14.4 Å². The van der Waals surface area contributed by atoms with Crippen LogP contribution in [0.2, 0.25) is 5.02 Å². The predicted molar refractivity (Wildman–Crippen MR) is 142 cm³/mol. The van der Waals surface area contributed by atoms with Crippen LogP contribution in [0.1, 0.15) is 42.5 Å². The fourth-order valence-electron chi connectivity index (χ4n) is 6.43. The number of nitrogens with one attached hydrogen (secondary N) is 2. The number of nitrogens with zero attached hydrogens (tertiary/aromatic N) is 1. The van der Waals surface area contributed by atoms with Gasteiger partial charge in [-0.2, -0.15) is 0 Å². The van der Waals surface area contributed by atoms with E-state index < -0.39 is 29.6 Å². The maximum absolute atomic E-state index is 14.0. The summed E-state index contributed by atoms with van der Waals surface area (Å²) in [5, 5.41) is 8.66. The summed E-state index contributed by atoms with van der Waals surface area (Å²) in [5.41, 5.74) is 0.311. The van der Waals surface area contributed by atoms with E-state index in [4.69, 9.17) is 16.3 Å². The van der Waals surface area contributed by atoms with E-state index >= 15 is 0 Å². The summed E-state index contributed by atoms with van der Waals surface area (Å²) in [7, 11) is 0. The number of thiophene rings is 1. The maximum atomic E-state index is 14.0. The van der Waals surface area contributed by atoms with Crippen molar-refractivity contribution in [3.63, 3.8) is 0 Å². The first-order valence-electron chi connectivity index (χ1n) is 12.9. The number of anilines is 1. The van der Waals surface area contributed by atoms with Gasteiger partial charge >= 0.3 is 0 Å². The molecule has 7 nitrogen and oxygen atoms in total. The zero-order valence-corrected chi connectivity index (χ0v) is 22.2. The summed E-state index contributed by atoms with van der Waals surface area (Å²) < 4.78 is 6.42. The minimum Gasteiger partial charge on any atom is -0.359 e. The van der Waals surface area contributed by atoms with Crippen LogP contribution in [0.15, 0.2) is 47.9 Å². The monoisotopic (exact) mass is 539 g/mol. The van der Waals surface area contributed by atoms with Crippen LogP contribution in [0.4, 0.5) is 5.69 Å². The molecule has 1 saturated carbocycles. The van der Waals surface area contributed by atoms with E-state index in [1.807, 2.05) is 42.7 Å². The van der Waals surface area contributed by atoms with Gasteiger partial charge in [0.25, 0.3) is 0 Å². The van der Waals surface area contributed by atoms with Gasteiger partial charge in [0.05, 0.1) is 24.5 Å². The molecular weight excluding hydrogens is 510 g/mol. The average molecular weight is 540 g/mol. The predicted octanol–water partition coefficient (Wildman–Crippen LogP) is 4.45. The molecule has 1 aliphatic carbocycles. The molecule has 37 heavy (non-hydrogen) atoms. The summed E-state index contributed by atoms with van der Waals surface area (Å²) in [6.07, 6.45) is 8.37. The highest BCUT2D eigenvalue weighted by atomic mass is 35.5. The standard InChI is InChI=1S/C28H30ClN3O4S/c1-16-9-10-18(14-20(16)29)31-25(33)22-21-11-12-28(36-21)23(22)27(35)32(15-19-8-5-13-37-19)24(28)26(34)30-17-6-3-2-4-7-17/h5,8-14,17,21-24H,2-4,6-7,15H2,1H3,(H,30,34)(H,31,33)/t21-,22+,23-,24-,28-/m1/s1. The van der Waals surface area contributed by atoms with Crippen molar-refractivity contribution in [2.75, 3.05) is 5.32 Å². The highest BCUT2D eigenvalue weighted by Crippen LogP contribution is 2.55. The Hall–Kier alpha value is -2.68. The first-order chi connectivity index (χ1) is 17.9. The summed E-state index contributed by atoms with van der Waals surface area (Å²) in [4.78, 5) is 44.0. The van der Waals surface area contributed by atoms with Gasteiger partial charge in [0, 0.05) is 21.6 Å². The summed E-state index contributed by atoms with van der Waals surface area (Å²) in [5.74, 6) is -2.23. The number of halogens is 1. The Labute approximate surface area is 225 Å². The molecule has 0 unspecified atom stereocenters. The second-order valence-electron chi connectivity index (χ2n) is 10.5. The molecule has 3 fully saturated rings. The number of rotatable bonds is 6. The Morgan fingerprint density at radius 2 is 2.00 bits per heavy atom. The fraction of sp³-hybridized carbons (Fsp3) is 0.464. The van der Waals surface area contributed by atoms with Gasteiger partial charge in [-0.15, -0.1) is 11.3 Å². The van der Waals surface area contributed by atoms with E-state index in [1.165, 1.54) is 6.42 Å². The number of carbonyl (C=O) groups excluding carboxylic acids is 3. The SMILES string of the molecule is Cc1ccc(NC(=O)[C@H]2[C@H]3C=C[C@@]4(O3)[C@H]2C(=O)N(Cc2cccs2)[C@@H]4C(=O)NC2CCCCC2)cc1Cl. The topological polar surface area (TPSA) is 87.7 Å². The molecule has 2 bridgehead atoms. The van der Waals surface area contributed by atoms with Crippen LogP contribution < -0.4 is 10.6 Å². The quantitative estimate of drug-likeness (QED) is 0.531. The Balaban J connectivity index is 1.31. The van der Waals surface area contributed by atoms with Crippen LogP contribution in [-0.4, -0.2) is 46.4 Å². The Morgan fingerprint density at radius 3 is 2.73 bits per heavy atom. The zero-order valence-electron chi connectivity index (χ0n) is 20.6. The molecule has 0 radical (unpaired) electrons. The molecule has 2 aromatic rings. The van der Waals surface area contributed by atoms with Crippen molar-refractivity contribution in [1.29, 1.82) is 0 Å². The first-order valence-corrected chi connectivity index (χ1v) is 14.2. The molecule has 3 aliphatic heterocycles. The summed E-state index contributed by atoms with van der Waals surface area (Å²) in [6.45, 7) is 2.20. The number of ether oxygens (including phenoxy) is 1. The number of fused-ring (bicyclic) bond motifs is 1. The molecule has 1 spiro atoms. The van der Waals surface area contributed by atoms with Crippen LogP contribution in [0.3, 0.4) is 0 Å². The van der Waals surface area contributed by atoms with Gasteiger partial charge in [-0.05, 0) is 48.9 Å². The second kappa shape index (κ2) is 9.57. The van der Waals surface area contributed by atoms with E-state index in [2.05, 4.69) is 10.6 Å². The van der Waals surface area contributed by atoms with Crippen LogP contribution in [0, 0.1) is 18.8 Å². The maximum Gasteiger partial charge on any atom is 0.246 e. The lowest BCUT2D eigenvalue weighted by atomic mass is 9.74. The zero-order chi connectivity index (χ0) is 25.7. The van der Waals surface area contributed by atoms with Crippen molar-refractivity contribution < 1.29 is 19.1 Å². The molecule has 4 aliphatic rings. The molecule has 1 aromatic carbocycles. The summed E-state index contributed by atoms with van der Waals surface area (Å²) >= 11 is 7.80. The van der Waals surface area contributed by atoms with Gasteiger partial charge in [0.1, 0.15) is 11.6 Å². The van der Waals surface area contributed by atoms with Gasteiger partial charge in [0.15, 0.2) is 0 Å². The molecule has 6 rings (SSSR count). The van der Waals surface area contributed by atoms with Crippen LogP contribution in [-0.2, 0) is 25.7 Å². The Bertz CT molecular complexity index is 1260. The van der Waals surface area contributed by atoms with Gasteiger partial charge < -0.3 is 20.3 Å². The van der Waals surface area contributed by atoms with E-state index in [-0.39, 0.29) is 23.8 Å². The lowest BCUT2D eigenvalue weighted by Gasteiger charge is -2.34. The Kier molecular flexibility index (Phi) is 6.37. The third kappa shape index (κ3) is 4.19. The van der Waals surface area contributed by atoms with Crippen molar-refractivity contribution in [1.82, 2.24) is 10.2 Å². The summed E-state index contributed by atoms with van der Waals surface area (Å²) in [6, 6.07) is 8.49. The van der Waals surface area contributed by atoms with Crippen LogP contribution in [0.5, 0.6) is 0 Å².